The highest BCUT2D eigenvalue weighted by Crippen LogP contribution is 2.26. The van der Waals surface area contributed by atoms with Crippen molar-refractivity contribution in [2.75, 3.05) is 18.0 Å². The summed E-state index contributed by atoms with van der Waals surface area (Å²) in [6.07, 6.45) is 5.37. The van der Waals surface area contributed by atoms with Crippen LogP contribution >= 0.6 is 27.5 Å². The first-order valence-electron chi connectivity index (χ1n) is 5.90. The SMILES string of the molecule is ClCc1ccc(N2CCCCCC2)cc1Br. The van der Waals surface area contributed by atoms with Crippen LogP contribution in [0.3, 0.4) is 0 Å². The van der Waals surface area contributed by atoms with Gasteiger partial charge < -0.3 is 4.90 Å². The highest BCUT2D eigenvalue weighted by molar-refractivity contribution is 9.10. The minimum Gasteiger partial charge on any atom is -0.372 e. The Balaban J connectivity index is 2.16. The van der Waals surface area contributed by atoms with E-state index in [1.54, 1.807) is 0 Å². The molecule has 1 aliphatic rings. The summed E-state index contributed by atoms with van der Waals surface area (Å²) in [6, 6.07) is 6.51. The van der Waals surface area contributed by atoms with Gasteiger partial charge in [-0.05, 0) is 30.5 Å². The minimum absolute atomic E-state index is 0.570. The van der Waals surface area contributed by atoms with Crippen molar-refractivity contribution < 1.29 is 0 Å². The Labute approximate surface area is 111 Å². The van der Waals surface area contributed by atoms with Gasteiger partial charge in [-0.15, -0.1) is 11.6 Å². The molecular formula is C13H17BrClN. The van der Waals surface area contributed by atoms with Gasteiger partial charge in [0.2, 0.25) is 0 Å². The molecular weight excluding hydrogens is 286 g/mol. The molecule has 1 fully saturated rings. The van der Waals surface area contributed by atoms with Gasteiger partial charge in [-0.25, -0.2) is 0 Å². The zero-order chi connectivity index (χ0) is 11.4. The number of halogens is 2. The monoisotopic (exact) mass is 301 g/mol. The number of alkyl halides is 1. The standard InChI is InChI=1S/C13H17BrClN/c14-13-9-12(6-5-11(13)10-15)16-7-3-1-2-4-8-16/h5-6,9H,1-4,7-8,10H2. The summed E-state index contributed by atoms with van der Waals surface area (Å²) in [6.45, 7) is 2.37. The Morgan fingerprint density at radius 2 is 1.81 bits per heavy atom. The van der Waals surface area contributed by atoms with Crippen LogP contribution in [0.25, 0.3) is 0 Å². The van der Waals surface area contributed by atoms with Crippen LogP contribution in [0.1, 0.15) is 31.2 Å². The Kier molecular flexibility index (Phi) is 4.54. The van der Waals surface area contributed by atoms with Crippen molar-refractivity contribution in [3.63, 3.8) is 0 Å². The van der Waals surface area contributed by atoms with Crippen LogP contribution in [0.4, 0.5) is 5.69 Å². The molecule has 0 saturated carbocycles. The molecule has 16 heavy (non-hydrogen) atoms. The van der Waals surface area contributed by atoms with E-state index < -0.39 is 0 Å². The lowest BCUT2D eigenvalue weighted by Gasteiger charge is -2.23. The molecule has 0 aromatic heterocycles. The second-order valence-electron chi connectivity index (χ2n) is 4.31. The predicted molar refractivity (Wildman–Crippen MR) is 74.4 cm³/mol. The van der Waals surface area contributed by atoms with Crippen LogP contribution in [0.5, 0.6) is 0 Å². The number of rotatable bonds is 2. The van der Waals surface area contributed by atoms with Crippen LogP contribution in [-0.4, -0.2) is 13.1 Å². The van der Waals surface area contributed by atoms with Crippen molar-refractivity contribution in [3.05, 3.63) is 28.2 Å². The van der Waals surface area contributed by atoms with Gasteiger partial charge in [0, 0.05) is 29.1 Å². The maximum Gasteiger partial charge on any atom is 0.0485 e. The van der Waals surface area contributed by atoms with E-state index in [9.17, 15) is 0 Å². The molecule has 2 rings (SSSR count). The van der Waals surface area contributed by atoms with Crippen LogP contribution in [0.2, 0.25) is 0 Å². The van der Waals surface area contributed by atoms with E-state index in [0.29, 0.717) is 5.88 Å². The van der Waals surface area contributed by atoms with Crippen molar-refractivity contribution in [2.24, 2.45) is 0 Å². The van der Waals surface area contributed by atoms with Crippen molar-refractivity contribution >= 4 is 33.2 Å². The first-order chi connectivity index (χ1) is 7.81. The third kappa shape index (κ3) is 2.92. The van der Waals surface area contributed by atoms with Gasteiger partial charge in [-0.1, -0.05) is 34.8 Å². The third-order valence-corrected chi connectivity index (χ3v) is 4.18. The molecule has 1 aromatic carbocycles. The van der Waals surface area contributed by atoms with Crippen LogP contribution < -0.4 is 4.90 Å². The normalized spacial score (nSPS) is 17.2. The Morgan fingerprint density at radius 3 is 2.38 bits per heavy atom. The first-order valence-corrected chi connectivity index (χ1v) is 7.23. The molecule has 1 heterocycles. The summed E-state index contributed by atoms with van der Waals surface area (Å²) >= 11 is 9.44. The average molecular weight is 303 g/mol. The van der Waals surface area contributed by atoms with Crippen LogP contribution in [-0.2, 0) is 5.88 Å². The summed E-state index contributed by atoms with van der Waals surface area (Å²) in [5, 5.41) is 0. The number of hydrogen-bond donors (Lipinski definition) is 0. The molecule has 1 nitrogen and oxygen atoms in total. The second-order valence-corrected chi connectivity index (χ2v) is 5.43. The lowest BCUT2D eigenvalue weighted by atomic mass is 10.2. The molecule has 0 amide bonds. The number of nitrogens with zero attached hydrogens (tertiary/aromatic N) is 1. The van der Waals surface area contributed by atoms with Gasteiger partial charge in [-0.3, -0.25) is 0 Å². The van der Waals surface area contributed by atoms with Crippen molar-refractivity contribution in [1.82, 2.24) is 0 Å². The topological polar surface area (TPSA) is 3.24 Å². The van der Waals surface area contributed by atoms with Crippen molar-refractivity contribution in [2.45, 2.75) is 31.6 Å². The quantitative estimate of drug-likeness (QED) is 0.723. The predicted octanol–water partition coefficient (Wildman–Crippen LogP) is 4.57. The molecule has 1 saturated heterocycles. The van der Waals surface area contributed by atoms with Crippen LogP contribution in [0.15, 0.2) is 22.7 Å². The molecule has 1 aromatic rings. The van der Waals surface area contributed by atoms with Crippen LogP contribution in [0, 0.1) is 0 Å². The second kappa shape index (κ2) is 5.92. The smallest absolute Gasteiger partial charge is 0.0485 e. The molecule has 1 aliphatic heterocycles. The van der Waals surface area contributed by atoms with Gasteiger partial charge in [0.1, 0.15) is 0 Å². The molecule has 0 spiro atoms. The zero-order valence-corrected chi connectivity index (χ0v) is 11.7. The fourth-order valence-corrected chi connectivity index (χ4v) is 3.07. The fraction of sp³-hybridized carbons (Fsp3) is 0.538. The number of anilines is 1. The van der Waals surface area contributed by atoms with Gasteiger partial charge in [0.05, 0.1) is 0 Å². The molecule has 0 atom stereocenters. The van der Waals surface area contributed by atoms with E-state index in [4.69, 9.17) is 11.6 Å². The van der Waals surface area contributed by atoms with E-state index in [1.807, 2.05) is 0 Å². The summed E-state index contributed by atoms with van der Waals surface area (Å²) in [7, 11) is 0. The maximum atomic E-state index is 5.85. The lowest BCUT2D eigenvalue weighted by molar-refractivity contribution is 0.726. The molecule has 3 heteroatoms. The molecule has 88 valence electrons. The number of benzene rings is 1. The molecule has 0 unspecified atom stereocenters. The zero-order valence-electron chi connectivity index (χ0n) is 9.38. The Morgan fingerprint density at radius 1 is 1.12 bits per heavy atom. The minimum atomic E-state index is 0.570. The summed E-state index contributed by atoms with van der Waals surface area (Å²) in [4.78, 5) is 2.48. The first kappa shape index (κ1) is 12.3. The lowest BCUT2D eigenvalue weighted by Crippen LogP contribution is -2.23. The fourth-order valence-electron chi connectivity index (χ4n) is 2.17. The van der Waals surface area contributed by atoms with E-state index in [0.717, 1.165) is 4.47 Å². The summed E-state index contributed by atoms with van der Waals surface area (Å²) < 4.78 is 1.13. The van der Waals surface area contributed by atoms with E-state index >= 15 is 0 Å². The van der Waals surface area contributed by atoms with E-state index in [2.05, 4.69) is 39.0 Å². The van der Waals surface area contributed by atoms with E-state index in [1.165, 1.54) is 50.0 Å². The molecule has 0 bridgehead atoms. The van der Waals surface area contributed by atoms with Crippen molar-refractivity contribution in [3.8, 4) is 0 Å². The molecule has 0 aliphatic carbocycles. The van der Waals surface area contributed by atoms with Gasteiger partial charge >= 0.3 is 0 Å². The molecule has 0 radical (unpaired) electrons. The highest BCUT2D eigenvalue weighted by Gasteiger charge is 2.10. The third-order valence-electron chi connectivity index (χ3n) is 3.15. The Bertz CT molecular complexity index is 346. The number of hydrogen-bond acceptors (Lipinski definition) is 1. The van der Waals surface area contributed by atoms with Crippen molar-refractivity contribution in [1.29, 1.82) is 0 Å². The summed E-state index contributed by atoms with van der Waals surface area (Å²) in [5.41, 5.74) is 2.49. The largest absolute Gasteiger partial charge is 0.372 e. The highest BCUT2D eigenvalue weighted by atomic mass is 79.9. The molecule has 0 N–H and O–H groups in total. The van der Waals surface area contributed by atoms with Gasteiger partial charge in [0.25, 0.3) is 0 Å². The maximum absolute atomic E-state index is 5.85. The summed E-state index contributed by atoms with van der Waals surface area (Å²) in [5.74, 6) is 0.570. The average Bonchev–Trinajstić information content (AvgIpc) is 2.57. The van der Waals surface area contributed by atoms with Gasteiger partial charge in [0.15, 0.2) is 0 Å². The van der Waals surface area contributed by atoms with E-state index in [-0.39, 0.29) is 0 Å². The van der Waals surface area contributed by atoms with Gasteiger partial charge in [-0.2, -0.15) is 0 Å². The Hall–Kier alpha value is -0.210.